The monoisotopic (exact) mass is 673 g/mol. The molecule has 0 aromatic carbocycles. The predicted octanol–water partition coefficient (Wildman–Crippen LogP) is 7.90. The van der Waals surface area contributed by atoms with Gasteiger partial charge in [-0.05, 0) is 83.1 Å². The van der Waals surface area contributed by atoms with Gasteiger partial charge in [0, 0.05) is 42.8 Å². The summed E-state index contributed by atoms with van der Waals surface area (Å²) in [5, 5.41) is 8.55. The van der Waals surface area contributed by atoms with Crippen LogP contribution in [-0.2, 0) is 0 Å². The number of unbranched alkanes of at least 4 members (excludes halogenated alkanes) is 4. The number of hydrogen-bond acceptors (Lipinski definition) is 7. The maximum Gasteiger partial charge on any atom is 0.394 e. The molecule has 5 rings (SSSR count). The van der Waals surface area contributed by atoms with Gasteiger partial charge < -0.3 is 15.0 Å². The van der Waals surface area contributed by atoms with Crippen LogP contribution >= 0.6 is 11.9 Å². The molecule has 2 N–H and O–H groups in total. The fourth-order valence-electron chi connectivity index (χ4n) is 5.94. The molecule has 47 heavy (non-hydrogen) atoms. The summed E-state index contributed by atoms with van der Waals surface area (Å²) in [4.78, 5) is 25.4. The van der Waals surface area contributed by atoms with E-state index in [9.17, 15) is 18.0 Å². The summed E-state index contributed by atoms with van der Waals surface area (Å²) in [6.07, 6.45) is 12.3. The molecule has 13 heteroatoms. The van der Waals surface area contributed by atoms with Gasteiger partial charge in [0.25, 0.3) is 5.91 Å². The first kappa shape index (κ1) is 34.8. The van der Waals surface area contributed by atoms with Crippen molar-refractivity contribution in [1.29, 1.82) is 0 Å². The minimum atomic E-state index is -4.21. The predicted molar refractivity (Wildman–Crippen MR) is 181 cm³/mol. The van der Waals surface area contributed by atoms with Crippen LogP contribution in [0.1, 0.15) is 102 Å². The van der Waals surface area contributed by atoms with Crippen molar-refractivity contribution >= 4 is 29.5 Å². The number of halogens is 3. The fourth-order valence-corrected chi connectivity index (χ4v) is 6.59. The highest BCUT2D eigenvalue weighted by molar-refractivity contribution is 8.01. The van der Waals surface area contributed by atoms with E-state index in [4.69, 9.17) is 14.7 Å². The first-order valence-electron chi connectivity index (χ1n) is 16.7. The summed E-state index contributed by atoms with van der Waals surface area (Å²) in [6, 6.07) is 5.06. The third-order valence-corrected chi connectivity index (χ3v) is 9.89. The van der Waals surface area contributed by atoms with E-state index in [-0.39, 0.29) is 43.2 Å². The third-order valence-electron chi connectivity index (χ3n) is 9.11. The Kier molecular flexibility index (Phi) is 11.2. The van der Waals surface area contributed by atoms with E-state index in [1.54, 1.807) is 24.4 Å². The van der Waals surface area contributed by atoms with E-state index < -0.39 is 11.6 Å². The number of ether oxygens (including phenoxy) is 1. The second-order valence-electron chi connectivity index (χ2n) is 13.1. The van der Waals surface area contributed by atoms with Crippen molar-refractivity contribution in [2.45, 2.75) is 103 Å². The number of alkyl halides is 3. The van der Waals surface area contributed by atoms with Crippen molar-refractivity contribution in [3.05, 3.63) is 53.2 Å². The normalized spacial score (nSPS) is 19.3. The van der Waals surface area contributed by atoms with E-state index in [2.05, 4.69) is 40.8 Å². The van der Waals surface area contributed by atoms with Crippen LogP contribution in [0.2, 0.25) is 0 Å². The van der Waals surface area contributed by atoms with Gasteiger partial charge in [0.15, 0.2) is 5.82 Å². The lowest BCUT2D eigenvalue weighted by molar-refractivity contribution is -0.190. The molecule has 9 nitrogen and oxygen atoms in total. The van der Waals surface area contributed by atoms with E-state index in [1.807, 2.05) is 18.2 Å². The molecule has 4 heterocycles. The standard InChI is InChI=1S/C34H46F3N7O2S/c1-4-5-6-7-10-21-38-26-12-8-9-13-29(39-26)47-42-31(45)25-14-15-27(40-30(25)43-22-11-17-32(43,2)3)44-23-16-28(41-44)46-24-20-33(18-19-33)34(35,36)37/h8,12-16,23H,4-7,9-11,17-22,24H2,1-3H3,(H,38,39)(H,42,45). The van der Waals surface area contributed by atoms with Gasteiger partial charge in [0.1, 0.15) is 11.7 Å². The highest BCUT2D eigenvalue weighted by atomic mass is 32.2. The van der Waals surface area contributed by atoms with E-state index in [0.29, 0.717) is 17.2 Å². The van der Waals surface area contributed by atoms with Crippen LogP contribution in [0.25, 0.3) is 5.82 Å². The Morgan fingerprint density at radius 1 is 1.15 bits per heavy atom. The quantitative estimate of drug-likeness (QED) is 0.147. The minimum absolute atomic E-state index is 0.0678. The number of amides is 1. The smallest absolute Gasteiger partial charge is 0.394 e. The lowest BCUT2D eigenvalue weighted by Crippen LogP contribution is -2.40. The molecule has 0 bridgehead atoms. The van der Waals surface area contributed by atoms with E-state index >= 15 is 0 Å². The minimum Gasteiger partial charge on any atom is -0.477 e. The molecule has 1 aliphatic carbocycles. The first-order valence-corrected chi connectivity index (χ1v) is 17.5. The lowest BCUT2D eigenvalue weighted by atomic mass is 10.0. The number of allylic oxidation sites excluding steroid dienone is 2. The molecule has 2 aromatic rings. The number of nitrogens with zero attached hydrogens (tertiary/aromatic N) is 5. The summed E-state index contributed by atoms with van der Waals surface area (Å²) in [5.41, 5.74) is -1.38. The van der Waals surface area contributed by atoms with Crippen LogP contribution in [0, 0.1) is 5.41 Å². The fraction of sp³-hybridized carbons (Fsp3) is 0.588. The van der Waals surface area contributed by atoms with Crippen LogP contribution in [0.15, 0.2) is 52.6 Å². The Morgan fingerprint density at radius 3 is 2.68 bits per heavy atom. The number of aliphatic imine (C=N–C) groups is 1. The van der Waals surface area contributed by atoms with E-state index in [1.165, 1.54) is 42.3 Å². The molecule has 1 saturated carbocycles. The van der Waals surface area contributed by atoms with Gasteiger partial charge in [-0.2, -0.15) is 13.2 Å². The molecule has 0 spiro atoms. The van der Waals surface area contributed by atoms with Gasteiger partial charge in [0.05, 0.1) is 22.6 Å². The number of carbonyl (C=O) groups is 1. The second kappa shape index (κ2) is 15.2. The van der Waals surface area contributed by atoms with Crippen molar-refractivity contribution in [3.63, 3.8) is 0 Å². The Labute approximate surface area is 279 Å². The molecule has 3 aliphatic rings. The molecular weight excluding hydrogens is 627 g/mol. The number of anilines is 1. The largest absolute Gasteiger partial charge is 0.477 e. The molecule has 256 valence electrons. The number of aromatic nitrogens is 3. The molecule has 2 aliphatic heterocycles. The van der Waals surface area contributed by atoms with Crippen molar-refractivity contribution in [2.24, 2.45) is 10.4 Å². The van der Waals surface area contributed by atoms with Crippen LogP contribution in [-0.4, -0.2) is 57.9 Å². The molecular formula is C34H46F3N7O2S. The highest BCUT2D eigenvalue weighted by Crippen LogP contribution is 2.59. The molecule has 0 atom stereocenters. The molecule has 0 unspecified atom stereocenters. The lowest BCUT2D eigenvalue weighted by Gasteiger charge is -2.34. The molecule has 1 saturated heterocycles. The topological polar surface area (TPSA) is 96.7 Å². The number of amidine groups is 1. The molecule has 1 amide bonds. The van der Waals surface area contributed by atoms with Gasteiger partial charge in [-0.3, -0.25) is 14.5 Å². The van der Waals surface area contributed by atoms with Crippen molar-refractivity contribution in [1.82, 2.24) is 24.8 Å². The summed E-state index contributed by atoms with van der Waals surface area (Å²) in [5.74, 6) is 1.77. The summed E-state index contributed by atoms with van der Waals surface area (Å²) in [7, 11) is 0. The molecule has 2 fully saturated rings. The summed E-state index contributed by atoms with van der Waals surface area (Å²) < 4.78 is 49.9. The second-order valence-corrected chi connectivity index (χ2v) is 14.0. The van der Waals surface area contributed by atoms with Gasteiger partial charge in [0.2, 0.25) is 5.88 Å². The van der Waals surface area contributed by atoms with Crippen molar-refractivity contribution in [3.8, 4) is 11.7 Å². The van der Waals surface area contributed by atoms with Crippen LogP contribution < -0.4 is 19.7 Å². The van der Waals surface area contributed by atoms with E-state index in [0.717, 1.165) is 49.6 Å². The first-order chi connectivity index (χ1) is 22.5. The number of carbonyl (C=O) groups excluding carboxylic acids is 1. The zero-order chi connectivity index (χ0) is 33.5. The Hall–Kier alpha value is -3.48. The molecule has 0 radical (unpaired) electrons. The maximum absolute atomic E-state index is 13.6. The Bertz CT molecular complexity index is 1480. The van der Waals surface area contributed by atoms with Gasteiger partial charge in [-0.1, -0.05) is 38.7 Å². The number of nitrogens with one attached hydrogen (secondary N) is 2. The van der Waals surface area contributed by atoms with Crippen LogP contribution in [0.3, 0.4) is 0 Å². The summed E-state index contributed by atoms with van der Waals surface area (Å²) >= 11 is 1.22. The molecule has 2 aromatic heterocycles. The summed E-state index contributed by atoms with van der Waals surface area (Å²) in [6.45, 7) is 7.92. The Balaban J connectivity index is 1.24. The number of rotatable bonds is 15. The zero-order valence-electron chi connectivity index (χ0n) is 27.5. The van der Waals surface area contributed by atoms with Gasteiger partial charge >= 0.3 is 6.18 Å². The zero-order valence-corrected chi connectivity index (χ0v) is 28.4. The average Bonchev–Trinajstić information content (AvgIpc) is 3.64. The van der Waals surface area contributed by atoms with Crippen LogP contribution in [0.4, 0.5) is 19.0 Å². The average molecular weight is 674 g/mol. The van der Waals surface area contributed by atoms with Gasteiger partial charge in [-0.15, -0.1) is 5.10 Å². The third kappa shape index (κ3) is 8.91. The maximum atomic E-state index is 13.6. The highest BCUT2D eigenvalue weighted by Gasteiger charge is 2.62. The van der Waals surface area contributed by atoms with Gasteiger partial charge in [-0.25, -0.2) is 9.67 Å². The van der Waals surface area contributed by atoms with Crippen LogP contribution in [0.5, 0.6) is 5.88 Å². The van der Waals surface area contributed by atoms with Crippen molar-refractivity contribution in [2.75, 3.05) is 24.6 Å². The SMILES string of the molecule is CCCCCCCN=C1C=CCC=C(SNC(=O)c2ccc(-n3ccc(OCCC4(C(F)(F)F)CC4)n3)nc2N2CCCC2(C)C)N1. The number of pyridine rings is 1. The number of hydrogen-bond donors (Lipinski definition) is 2. The van der Waals surface area contributed by atoms with Crippen molar-refractivity contribution < 1.29 is 22.7 Å². The Morgan fingerprint density at radius 2 is 1.96 bits per heavy atom.